The molecule has 132 valence electrons. The topological polar surface area (TPSA) is 85.4 Å². The number of aliphatic imine (C=N–C) groups is 1. The number of methoxy groups -OCH3 is 2. The second-order valence-corrected chi connectivity index (χ2v) is 6.49. The Bertz CT molecular complexity index is 891. The Morgan fingerprint density at radius 2 is 2.28 bits per heavy atom. The van der Waals surface area contributed by atoms with Gasteiger partial charge in [-0.1, -0.05) is 23.9 Å². The number of benzene rings is 1. The molecule has 0 spiro atoms. The summed E-state index contributed by atoms with van der Waals surface area (Å²) in [6, 6.07) is 7.29. The van der Waals surface area contributed by atoms with Gasteiger partial charge in [-0.15, -0.1) is 0 Å². The molecule has 0 saturated heterocycles. The minimum Gasteiger partial charge on any atom is -0.493 e. The lowest BCUT2D eigenvalue weighted by molar-refractivity contribution is 0.186. The van der Waals surface area contributed by atoms with Crippen LogP contribution in [0.15, 0.2) is 43.6 Å². The predicted molar refractivity (Wildman–Crippen MR) is 99.9 cm³/mol. The first-order chi connectivity index (χ1) is 12.1. The van der Waals surface area contributed by atoms with Gasteiger partial charge in [-0.2, -0.15) is 5.10 Å². The van der Waals surface area contributed by atoms with Crippen LogP contribution in [0, 0.1) is 0 Å². The molecule has 1 aliphatic rings. The lowest BCUT2D eigenvalue weighted by atomic mass is 10.1. The number of para-hydroxylation sites is 1. The van der Waals surface area contributed by atoms with Crippen LogP contribution in [0.4, 0.5) is 0 Å². The zero-order chi connectivity index (χ0) is 17.8. The molecule has 7 nitrogen and oxygen atoms in total. The average molecular weight is 361 g/mol. The van der Waals surface area contributed by atoms with Gasteiger partial charge in [-0.3, -0.25) is 10.4 Å². The van der Waals surface area contributed by atoms with Crippen LogP contribution >= 0.6 is 11.8 Å². The van der Waals surface area contributed by atoms with Crippen molar-refractivity contribution in [3.8, 4) is 5.75 Å². The van der Waals surface area contributed by atoms with Crippen LogP contribution in [-0.2, 0) is 4.74 Å². The highest BCUT2D eigenvalue weighted by atomic mass is 32.2. The summed E-state index contributed by atoms with van der Waals surface area (Å²) in [6.07, 6.45) is 0. The maximum absolute atomic E-state index is 12.4. The molecular weight excluding hydrogens is 342 g/mol. The standard InChI is InChI=1S/C17H19N3O4S/c1-10(8-22-2)18-17-20-19-13(9-25-17)12-7-11-5-4-6-14(23-3)15(11)24-16(12)21/h4-7,10H,8-9H2,1-3H3,(H,18,20). The molecule has 1 aromatic heterocycles. The first-order valence-electron chi connectivity index (χ1n) is 7.75. The van der Waals surface area contributed by atoms with E-state index in [-0.39, 0.29) is 6.04 Å². The molecule has 1 atom stereocenters. The van der Waals surface area contributed by atoms with Gasteiger partial charge in [0, 0.05) is 18.2 Å². The van der Waals surface area contributed by atoms with Gasteiger partial charge in [0.15, 0.2) is 16.5 Å². The number of amidine groups is 1. The van der Waals surface area contributed by atoms with Crippen molar-refractivity contribution >= 4 is 33.6 Å². The lowest BCUT2D eigenvalue weighted by Crippen LogP contribution is -2.29. The summed E-state index contributed by atoms with van der Waals surface area (Å²) in [5, 5.41) is 5.78. The molecule has 0 aliphatic carbocycles. The fourth-order valence-corrected chi connectivity index (χ4v) is 3.34. The highest BCUT2D eigenvalue weighted by Gasteiger charge is 2.19. The number of hydrazone groups is 1. The molecule has 0 bridgehead atoms. The SMILES string of the molecule is COCC(C)N=C1NN=C(c2cc3cccc(OC)c3oc2=O)CS1. The van der Waals surface area contributed by atoms with E-state index in [0.717, 1.165) is 5.39 Å². The van der Waals surface area contributed by atoms with E-state index in [9.17, 15) is 4.79 Å². The van der Waals surface area contributed by atoms with Crippen molar-refractivity contribution in [2.75, 3.05) is 26.6 Å². The third-order valence-electron chi connectivity index (χ3n) is 3.63. The number of nitrogens with one attached hydrogen (secondary N) is 1. The zero-order valence-electron chi connectivity index (χ0n) is 14.2. The first-order valence-corrected chi connectivity index (χ1v) is 8.74. The Hall–Kier alpha value is -2.32. The number of ether oxygens (including phenoxy) is 2. The Morgan fingerprint density at radius 1 is 1.44 bits per heavy atom. The molecule has 1 unspecified atom stereocenters. The third kappa shape index (κ3) is 3.85. The fraction of sp³-hybridized carbons (Fsp3) is 0.353. The average Bonchev–Trinajstić information content (AvgIpc) is 2.61. The van der Waals surface area contributed by atoms with Gasteiger partial charge < -0.3 is 13.9 Å². The molecule has 8 heteroatoms. The molecule has 2 aromatic rings. The maximum Gasteiger partial charge on any atom is 0.345 e. The molecule has 0 fully saturated rings. The van der Waals surface area contributed by atoms with Crippen LogP contribution < -0.4 is 15.8 Å². The number of nitrogens with zero attached hydrogens (tertiary/aromatic N) is 2. The summed E-state index contributed by atoms with van der Waals surface area (Å²) < 4.78 is 15.7. The van der Waals surface area contributed by atoms with Crippen LogP contribution in [0.25, 0.3) is 11.0 Å². The predicted octanol–water partition coefficient (Wildman–Crippen LogP) is 2.23. The summed E-state index contributed by atoms with van der Waals surface area (Å²) in [5.41, 5.74) is 3.95. The van der Waals surface area contributed by atoms with Crippen molar-refractivity contribution in [1.82, 2.24) is 5.43 Å². The van der Waals surface area contributed by atoms with Gasteiger partial charge in [0.1, 0.15) is 0 Å². The summed E-state index contributed by atoms with van der Waals surface area (Å²) in [7, 11) is 3.18. The Labute approximate surface area is 149 Å². The van der Waals surface area contributed by atoms with E-state index in [2.05, 4.69) is 15.5 Å². The quantitative estimate of drug-likeness (QED) is 0.822. The van der Waals surface area contributed by atoms with Crippen LogP contribution in [0.3, 0.4) is 0 Å². The number of fused-ring (bicyclic) bond motifs is 1. The number of rotatable bonds is 5. The summed E-state index contributed by atoms with van der Waals surface area (Å²) in [4.78, 5) is 16.8. The minimum atomic E-state index is -0.439. The molecule has 2 heterocycles. The van der Waals surface area contributed by atoms with Crippen LogP contribution in [-0.4, -0.2) is 43.5 Å². The van der Waals surface area contributed by atoms with E-state index in [1.54, 1.807) is 26.4 Å². The highest BCUT2D eigenvalue weighted by molar-refractivity contribution is 8.14. The van der Waals surface area contributed by atoms with Gasteiger partial charge in [-0.25, -0.2) is 4.79 Å². The van der Waals surface area contributed by atoms with E-state index < -0.39 is 5.63 Å². The number of thioether (sulfide) groups is 1. The molecule has 3 rings (SSSR count). The Kier molecular flexibility index (Phi) is 5.40. The molecule has 0 amide bonds. The van der Waals surface area contributed by atoms with E-state index in [4.69, 9.17) is 13.9 Å². The molecule has 25 heavy (non-hydrogen) atoms. The highest BCUT2D eigenvalue weighted by Crippen LogP contribution is 2.25. The largest absolute Gasteiger partial charge is 0.493 e. The molecule has 1 aromatic carbocycles. The monoisotopic (exact) mass is 361 g/mol. The van der Waals surface area contributed by atoms with Crippen molar-refractivity contribution in [2.45, 2.75) is 13.0 Å². The zero-order valence-corrected chi connectivity index (χ0v) is 15.1. The van der Waals surface area contributed by atoms with Gasteiger partial charge in [0.05, 0.1) is 31.0 Å². The van der Waals surface area contributed by atoms with Crippen molar-refractivity contribution in [1.29, 1.82) is 0 Å². The van der Waals surface area contributed by atoms with Crippen LogP contribution in [0.5, 0.6) is 5.75 Å². The fourth-order valence-electron chi connectivity index (χ4n) is 2.48. The Balaban J connectivity index is 1.89. The van der Waals surface area contributed by atoms with E-state index in [0.29, 0.717) is 40.1 Å². The van der Waals surface area contributed by atoms with Crippen molar-refractivity contribution < 1.29 is 13.9 Å². The molecule has 0 radical (unpaired) electrons. The number of hydrogen-bond acceptors (Lipinski definition) is 7. The smallest absolute Gasteiger partial charge is 0.345 e. The summed E-state index contributed by atoms with van der Waals surface area (Å²) in [5.74, 6) is 1.06. The lowest BCUT2D eigenvalue weighted by Gasteiger charge is -2.16. The van der Waals surface area contributed by atoms with Crippen molar-refractivity contribution in [3.63, 3.8) is 0 Å². The van der Waals surface area contributed by atoms with E-state index in [1.807, 2.05) is 19.1 Å². The molecule has 1 aliphatic heterocycles. The summed E-state index contributed by atoms with van der Waals surface area (Å²) >= 11 is 1.49. The normalized spacial score (nSPS) is 17.2. The maximum atomic E-state index is 12.4. The minimum absolute atomic E-state index is 0.0370. The molecule has 1 N–H and O–H groups in total. The molecular formula is C17H19N3O4S. The molecule has 0 saturated carbocycles. The van der Waals surface area contributed by atoms with Gasteiger partial charge in [-0.05, 0) is 19.1 Å². The van der Waals surface area contributed by atoms with Crippen molar-refractivity contribution in [3.05, 3.63) is 40.2 Å². The van der Waals surface area contributed by atoms with Crippen LogP contribution in [0.1, 0.15) is 12.5 Å². The second kappa shape index (κ2) is 7.71. The second-order valence-electron chi connectivity index (χ2n) is 5.52. The van der Waals surface area contributed by atoms with Gasteiger partial charge >= 0.3 is 5.63 Å². The van der Waals surface area contributed by atoms with E-state index >= 15 is 0 Å². The summed E-state index contributed by atoms with van der Waals surface area (Å²) in [6.45, 7) is 2.50. The van der Waals surface area contributed by atoms with Crippen LogP contribution in [0.2, 0.25) is 0 Å². The first kappa shape index (κ1) is 17.5. The third-order valence-corrected chi connectivity index (χ3v) is 4.52. The Morgan fingerprint density at radius 3 is 2.96 bits per heavy atom. The van der Waals surface area contributed by atoms with Crippen molar-refractivity contribution in [2.24, 2.45) is 10.1 Å². The van der Waals surface area contributed by atoms with Gasteiger partial charge in [0.2, 0.25) is 0 Å². The van der Waals surface area contributed by atoms with Gasteiger partial charge in [0.25, 0.3) is 0 Å². The van der Waals surface area contributed by atoms with E-state index in [1.165, 1.54) is 11.8 Å². The number of hydrogen-bond donors (Lipinski definition) is 1.